The van der Waals surface area contributed by atoms with Gasteiger partial charge in [0.25, 0.3) is 0 Å². The molecule has 0 amide bonds. The molecule has 1 atom stereocenters. The number of phenols is 1. The van der Waals surface area contributed by atoms with Gasteiger partial charge in [0.15, 0.2) is 23.0 Å². The fourth-order valence-electron chi connectivity index (χ4n) is 4.26. The summed E-state index contributed by atoms with van der Waals surface area (Å²) in [4.78, 5) is 15.1. The number of carbonyl (C=O) groups excluding carboxylic acids is 1. The van der Waals surface area contributed by atoms with E-state index in [9.17, 15) is 9.90 Å². The molecule has 2 heterocycles. The number of nitrogens with zero attached hydrogens (tertiary/aromatic N) is 1. The fraction of sp³-hybridized carbons (Fsp3) is 0.435. The highest BCUT2D eigenvalue weighted by Crippen LogP contribution is 2.50. The van der Waals surface area contributed by atoms with Gasteiger partial charge in [0, 0.05) is 31.0 Å². The monoisotopic (exact) mass is 413 g/mol. The van der Waals surface area contributed by atoms with Crippen molar-refractivity contribution in [1.82, 2.24) is 4.90 Å². The predicted molar refractivity (Wildman–Crippen MR) is 111 cm³/mol. The maximum Gasteiger partial charge on any atom is 0.231 e. The number of ketones is 1. The van der Waals surface area contributed by atoms with Gasteiger partial charge in [0.1, 0.15) is 5.78 Å². The van der Waals surface area contributed by atoms with E-state index in [4.69, 9.17) is 18.9 Å². The minimum Gasteiger partial charge on any atom is -0.504 e. The summed E-state index contributed by atoms with van der Waals surface area (Å²) in [6.07, 6.45) is 2.28. The van der Waals surface area contributed by atoms with E-state index in [1.807, 2.05) is 19.2 Å². The van der Waals surface area contributed by atoms with Gasteiger partial charge >= 0.3 is 0 Å². The molecule has 0 bridgehead atoms. The number of aromatic hydroxyl groups is 1. The topological polar surface area (TPSA) is 77.5 Å². The highest BCUT2D eigenvalue weighted by molar-refractivity contribution is 5.80. The highest BCUT2D eigenvalue weighted by Gasteiger charge is 2.34. The molecule has 160 valence electrons. The highest BCUT2D eigenvalue weighted by atomic mass is 16.7. The summed E-state index contributed by atoms with van der Waals surface area (Å²) in [6.45, 7) is 1.05. The second kappa shape index (κ2) is 8.44. The van der Waals surface area contributed by atoms with Crippen molar-refractivity contribution in [2.45, 2.75) is 31.7 Å². The van der Waals surface area contributed by atoms with Crippen molar-refractivity contribution in [2.75, 3.05) is 34.6 Å². The van der Waals surface area contributed by atoms with Crippen LogP contribution < -0.4 is 18.9 Å². The van der Waals surface area contributed by atoms with Crippen molar-refractivity contribution in [3.63, 3.8) is 0 Å². The summed E-state index contributed by atoms with van der Waals surface area (Å²) in [6, 6.07) is 7.13. The minimum absolute atomic E-state index is 0.0694. The molecular weight excluding hydrogens is 386 g/mol. The van der Waals surface area contributed by atoms with Crippen LogP contribution in [0.1, 0.15) is 35.6 Å². The summed E-state index contributed by atoms with van der Waals surface area (Å²) in [5.41, 5.74) is 3.13. The Balaban J connectivity index is 1.52. The summed E-state index contributed by atoms with van der Waals surface area (Å²) in [5, 5.41) is 9.74. The van der Waals surface area contributed by atoms with Crippen molar-refractivity contribution in [3.05, 3.63) is 41.0 Å². The lowest BCUT2D eigenvalue weighted by Gasteiger charge is -2.35. The maximum atomic E-state index is 12.9. The number of benzene rings is 2. The number of methoxy groups -OCH3 is 2. The second-order valence-electron chi connectivity index (χ2n) is 7.71. The molecule has 30 heavy (non-hydrogen) atoms. The summed E-state index contributed by atoms with van der Waals surface area (Å²) in [5.74, 6) is 2.70. The van der Waals surface area contributed by atoms with E-state index in [0.717, 1.165) is 29.7 Å². The molecule has 2 aliphatic heterocycles. The Labute approximate surface area is 176 Å². The lowest BCUT2D eigenvalue weighted by Crippen LogP contribution is -2.34. The van der Waals surface area contributed by atoms with Crippen molar-refractivity contribution in [1.29, 1.82) is 0 Å². The molecular formula is C23H27NO6. The largest absolute Gasteiger partial charge is 0.504 e. The molecule has 0 radical (unpaired) electrons. The van der Waals surface area contributed by atoms with Crippen LogP contribution in [0.2, 0.25) is 0 Å². The molecule has 2 aromatic rings. The van der Waals surface area contributed by atoms with Crippen LogP contribution in [-0.4, -0.2) is 50.4 Å². The number of phenolic OH excluding ortho intramolecular Hbond substituents is 1. The number of rotatable bonds is 7. The third-order valence-corrected chi connectivity index (χ3v) is 5.90. The average Bonchev–Trinajstić information content (AvgIpc) is 3.22. The molecule has 4 rings (SSSR count). The fourth-order valence-corrected chi connectivity index (χ4v) is 4.26. The van der Waals surface area contributed by atoms with Crippen LogP contribution in [0.15, 0.2) is 24.3 Å². The number of aryl methyl sites for hydroxylation is 1. The quantitative estimate of drug-likeness (QED) is 0.747. The van der Waals surface area contributed by atoms with Gasteiger partial charge in [-0.25, -0.2) is 0 Å². The maximum absolute atomic E-state index is 12.9. The first-order valence-corrected chi connectivity index (χ1v) is 10.1. The summed E-state index contributed by atoms with van der Waals surface area (Å²) < 4.78 is 22.0. The zero-order chi connectivity index (χ0) is 21.3. The smallest absolute Gasteiger partial charge is 0.231 e. The number of hydrogen-bond donors (Lipinski definition) is 1. The standard InChI is InChI=1S/C23H27NO6/c1-24-9-8-15-11-20-22(30-13-29-20)23(28-3)21(15)17(24)12-16(25)6-4-14-5-7-18(26)19(10-14)27-2/h5,7,10-11,17,26H,4,6,8-9,12-13H2,1-3H3. The van der Waals surface area contributed by atoms with E-state index in [1.165, 1.54) is 7.11 Å². The summed E-state index contributed by atoms with van der Waals surface area (Å²) in [7, 11) is 5.18. The molecule has 0 spiro atoms. The number of hydrogen-bond acceptors (Lipinski definition) is 7. The Bertz CT molecular complexity index is 957. The number of ether oxygens (including phenoxy) is 4. The first kappa shape index (κ1) is 20.3. The first-order chi connectivity index (χ1) is 14.5. The Morgan fingerprint density at radius 1 is 1.23 bits per heavy atom. The molecule has 0 saturated carbocycles. The molecule has 1 unspecified atom stereocenters. The molecule has 0 saturated heterocycles. The molecule has 2 aromatic carbocycles. The molecule has 0 fully saturated rings. The predicted octanol–water partition coefficient (Wildman–Crippen LogP) is 3.26. The Kier molecular flexibility index (Phi) is 5.72. The van der Waals surface area contributed by atoms with Crippen LogP contribution >= 0.6 is 0 Å². The molecule has 0 aliphatic carbocycles. The number of fused-ring (bicyclic) bond motifs is 2. The van der Waals surface area contributed by atoms with Crippen LogP contribution in [0.4, 0.5) is 0 Å². The van der Waals surface area contributed by atoms with Crippen molar-refractivity contribution >= 4 is 5.78 Å². The van der Waals surface area contributed by atoms with Crippen LogP contribution in [-0.2, 0) is 17.6 Å². The van der Waals surface area contributed by atoms with Crippen LogP contribution in [0, 0.1) is 0 Å². The Morgan fingerprint density at radius 2 is 2.07 bits per heavy atom. The Hall–Kier alpha value is -2.93. The first-order valence-electron chi connectivity index (χ1n) is 10.1. The normalized spacial score (nSPS) is 17.5. The van der Waals surface area contributed by atoms with Gasteiger partial charge in [-0.1, -0.05) is 6.07 Å². The van der Waals surface area contributed by atoms with E-state index in [0.29, 0.717) is 42.3 Å². The zero-order valence-corrected chi connectivity index (χ0v) is 17.6. The Morgan fingerprint density at radius 3 is 2.83 bits per heavy atom. The number of carbonyl (C=O) groups is 1. The van der Waals surface area contributed by atoms with E-state index in [1.54, 1.807) is 19.2 Å². The van der Waals surface area contributed by atoms with Gasteiger partial charge < -0.3 is 24.1 Å². The van der Waals surface area contributed by atoms with Crippen molar-refractivity contribution in [3.8, 4) is 28.7 Å². The SMILES string of the molecule is COc1cc(CCC(=O)CC2c3c(cc4c(c3OC)OCO4)CCN2C)ccc1O. The third-order valence-electron chi connectivity index (χ3n) is 5.90. The third kappa shape index (κ3) is 3.77. The second-order valence-corrected chi connectivity index (χ2v) is 7.71. The van der Waals surface area contributed by atoms with Gasteiger partial charge in [-0.3, -0.25) is 9.69 Å². The minimum atomic E-state index is -0.0694. The van der Waals surface area contributed by atoms with Gasteiger partial charge in [-0.05, 0) is 49.2 Å². The molecule has 1 N–H and O–H groups in total. The van der Waals surface area contributed by atoms with Crippen LogP contribution in [0.25, 0.3) is 0 Å². The molecule has 7 nitrogen and oxygen atoms in total. The average molecular weight is 413 g/mol. The van der Waals surface area contributed by atoms with Crippen LogP contribution in [0.5, 0.6) is 28.7 Å². The van der Waals surface area contributed by atoms with Crippen LogP contribution in [0.3, 0.4) is 0 Å². The van der Waals surface area contributed by atoms with Crippen molar-refractivity contribution < 1.29 is 28.8 Å². The molecule has 0 aromatic heterocycles. The van der Waals surface area contributed by atoms with Gasteiger partial charge in [-0.15, -0.1) is 0 Å². The van der Waals surface area contributed by atoms with E-state index in [-0.39, 0.29) is 24.4 Å². The summed E-state index contributed by atoms with van der Waals surface area (Å²) >= 11 is 0. The van der Waals surface area contributed by atoms with Gasteiger partial charge in [-0.2, -0.15) is 0 Å². The zero-order valence-electron chi connectivity index (χ0n) is 17.6. The number of Topliss-reactive ketones (excluding diaryl/α,β-unsaturated/α-hetero) is 1. The van der Waals surface area contributed by atoms with Crippen molar-refractivity contribution in [2.24, 2.45) is 0 Å². The van der Waals surface area contributed by atoms with Gasteiger partial charge in [0.2, 0.25) is 12.5 Å². The molecule has 7 heteroatoms. The molecule has 2 aliphatic rings. The van der Waals surface area contributed by atoms with E-state index in [2.05, 4.69) is 4.90 Å². The number of likely N-dealkylation sites (N-methyl/N-ethyl adjacent to an activating group) is 1. The van der Waals surface area contributed by atoms with Gasteiger partial charge in [0.05, 0.1) is 14.2 Å². The lowest BCUT2D eigenvalue weighted by atomic mass is 9.87. The lowest BCUT2D eigenvalue weighted by molar-refractivity contribution is -0.120. The van der Waals surface area contributed by atoms with E-state index < -0.39 is 0 Å². The van der Waals surface area contributed by atoms with E-state index >= 15 is 0 Å².